The maximum Gasteiger partial charge on any atom is 0.254 e. The molecule has 0 saturated heterocycles. The van der Waals surface area contributed by atoms with E-state index in [4.69, 9.17) is 5.73 Å². The lowest BCUT2D eigenvalue weighted by atomic mass is 9.94. The molecule has 0 spiro atoms. The first-order valence-electron chi connectivity index (χ1n) is 6.92. The Hall–Kier alpha value is -1.51. The lowest BCUT2D eigenvalue weighted by Gasteiger charge is -2.31. The van der Waals surface area contributed by atoms with Gasteiger partial charge in [-0.05, 0) is 43.2 Å². The number of fused-ring (bicyclic) bond motifs is 3. The van der Waals surface area contributed by atoms with Crippen LogP contribution in [0.15, 0.2) is 18.2 Å². The fraction of sp³-hybridized carbons (Fsp3) is 0.533. The number of amides is 1. The first-order valence-corrected chi connectivity index (χ1v) is 6.92. The van der Waals surface area contributed by atoms with Crippen molar-refractivity contribution in [2.75, 3.05) is 5.73 Å². The minimum atomic E-state index is 0.204. The molecule has 2 aliphatic carbocycles. The Balaban J connectivity index is 1.67. The van der Waals surface area contributed by atoms with E-state index in [0.717, 1.165) is 35.2 Å². The maximum atomic E-state index is 12.5. The molecule has 0 unspecified atom stereocenters. The zero-order valence-electron chi connectivity index (χ0n) is 10.4. The molecule has 0 aromatic heterocycles. The van der Waals surface area contributed by atoms with Gasteiger partial charge in [-0.2, -0.15) is 0 Å². The number of carbonyl (C=O) groups is 1. The predicted molar refractivity (Wildman–Crippen MR) is 70.0 cm³/mol. The summed E-state index contributed by atoms with van der Waals surface area (Å²) in [6.45, 7) is 0.731. The van der Waals surface area contributed by atoms with Gasteiger partial charge in [0.05, 0.1) is 0 Å². The van der Waals surface area contributed by atoms with Gasteiger partial charge in [0.1, 0.15) is 0 Å². The van der Waals surface area contributed by atoms with E-state index < -0.39 is 0 Å². The Bertz CT molecular complexity index is 525. The van der Waals surface area contributed by atoms with Crippen LogP contribution in [0.2, 0.25) is 0 Å². The molecule has 1 aromatic rings. The first kappa shape index (κ1) is 10.4. The second-order valence-electron chi connectivity index (χ2n) is 6.05. The van der Waals surface area contributed by atoms with Crippen LogP contribution in [-0.4, -0.2) is 16.8 Å². The van der Waals surface area contributed by atoms with Crippen LogP contribution < -0.4 is 5.73 Å². The largest absolute Gasteiger partial charge is 0.398 e. The van der Waals surface area contributed by atoms with Crippen molar-refractivity contribution in [3.63, 3.8) is 0 Å². The fourth-order valence-corrected chi connectivity index (χ4v) is 4.24. The summed E-state index contributed by atoms with van der Waals surface area (Å²) in [5.41, 5.74) is 8.64. The van der Waals surface area contributed by atoms with E-state index in [-0.39, 0.29) is 5.91 Å². The van der Waals surface area contributed by atoms with Crippen molar-refractivity contribution >= 4 is 11.6 Å². The van der Waals surface area contributed by atoms with Crippen LogP contribution in [0, 0.1) is 11.8 Å². The number of nitrogens with two attached hydrogens (primary N) is 1. The zero-order chi connectivity index (χ0) is 12.3. The zero-order valence-corrected chi connectivity index (χ0v) is 10.4. The Morgan fingerprint density at radius 3 is 2.78 bits per heavy atom. The third-order valence-electron chi connectivity index (χ3n) is 5.13. The highest BCUT2D eigenvalue weighted by molar-refractivity contribution is 6.00. The SMILES string of the molecule is Nc1cccc2c1CN([C@H]1C[C@H]3CC[C@@H]1C3)C2=O. The van der Waals surface area contributed by atoms with Gasteiger partial charge in [0.2, 0.25) is 0 Å². The smallest absolute Gasteiger partial charge is 0.254 e. The number of benzene rings is 1. The summed E-state index contributed by atoms with van der Waals surface area (Å²) >= 11 is 0. The van der Waals surface area contributed by atoms with E-state index in [9.17, 15) is 4.79 Å². The fourth-order valence-electron chi connectivity index (χ4n) is 4.24. The maximum absolute atomic E-state index is 12.5. The molecule has 94 valence electrons. The molecule has 3 atom stereocenters. The quantitative estimate of drug-likeness (QED) is 0.769. The van der Waals surface area contributed by atoms with Crippen LogP contribution in [0.4, 0.5) is 5.69 Å². The molecule has 18 heavy (non-hydrogen) atoms. The van der Waals surface area contributed by atoms with Crippen LogP contribution in [-0.2, 0) is 6.54 Å². The summed E-state index contributed by atoms with van der Waals surface area (Å²) in [6.07, 6.45) is 5.23. The normalized spacial score (nSPS) is 33.2. The third kappa shape index (κ3) is 1.27. The number of hydrogen-bond acceptors (Lipinski definition) is 2. The predicted octanol–water partition coefficient (Wildman–Crippen LogP) is 2.41. The number of nitrogen functional groups attached to an aromatic ring is 1. The van der Waals surface area contributed by atoms with Crippen LogP contribution >= 0.6 is 0 Å². The van der Waals surface area contributed by atoms with Gasteiger partial charge in [0.25, 0.3) is 5.91 Å². The molecule has 3 nitrogen and oxygen atoms in total. The Kier molecular flexibility index (Phi) is 2.02. The van der Waals surface area contributed by atoms with Gasteiger partial charge in [-0.1, -0.05) is 12.5 Å². The first-order chi connectivity index (χ1) is 8.74. The van der Waals surface area contributed by atoms with Gasteiger partial charge < -0.3 is 10.6 Å². The lowest BCUT2D eigenvalue weighted by Crippen LogP contribution is -2.39. The average molecular weight is 242 g/mol. The van der Waals surface area contributed by atoms with Gasteiger partial charge >= 0.3 is 0 Å². The summed E-state index contributed by atoms with van der Waals surface area (Å²) < 4.78 is 0. The molecule has 2 fully saturated rings. The number of nitrogens with zero attached hydrogens (tertiary/aromatic N) is 1. The summed E-state index contributed by atoms with van der Waals surface area (Å²) in [4.78, 5) is 14.6. The molecule has 4 rings (SSSR count). The van der Waals surface area contributed by atoms with Crippen LogP contribution in [0.3, 0.4) is 0 Å². The Morgan fingerprint density at radius 1 is 1.22 bits per heavy atom. The van der Waals surface area contributed by atoms with Crippen molar-refractivity contribution in [3.05, 3.63) is 29.3 Å². The molecule has 0 radical (unpaired) electrons. The van der Waals surface area contributed by atoms with Crippen molar-refractivity contribution < 1.29 is 4.79 Å². The van der Waals surface area contributed by atoms with Gasteiger partial charge in [-0.3, -0.25) is 4.79 Å². The van der Waals surface area contributed by atoms with Crippen molar-refractivity contribution in [2.45, 2.75) is 38.3 Å². The van der Waals surface area contributed by atoms with Crippen LogP contribution in [0.5, 0.6) is 0 Å². The van der Waals surface area contributed by atoms with Gasteiger partial charge in [-0.25, -0.2) is 0 Å². The number of hydrogen-bond donors (Lipinski definition) is 1. The molecule has 1 heterocycles. The number of rotatable bonds is 1. The average Bonchev–Trinajstić information content (AvgIpc) is 3.04. The van der Waals surface area contributed by atoms with E-state index in [2.05, 4.69) is 4.90 Å². The summed E-state index contributed by atoms with van der Waals surface area (Å²) in [7, 11) is 0. The Morgan fingerprint density at radius 2 is 2.11 bits per heavy atom. The molecule has 2 saturated carbocycles. The van der Waals surface area contributed by atoms with E-state index in [1.165, 1.54) is 25.7 Å². The van der Waals surface area contributed by atoms with Crippen molar-refractivity contribution in [3.8, 4) is 0 Å². The van der Waals surface area contributed by atoms with Crippen molar-refractivity contribution in [1.82, 2.24) is 4.90 Å². The highest BCUT2D eigenvalue weighted by Crippen LogP contribution is 2.48. The standard InChI is InChI=1S/C15H18N2O/c16-13-3-1-2-11-12(13)8-17(15(11)18)14-7-9-4-5-10(14)6-9/h1-3,9-10,14H,4-8,16H2/t9-,10+,14-/m0/s1. The molecule has 1 aliphatic heterocycles. The molecule has 2 N–H and O–H groups in total. The van der Waals surface area contributed by atoms with Crippen molar-refractivity contribution in [1.29, 1.82) is 0 Å². The molecule has 3 heteroatoms. The monoisotopic (exact) mass is 242 g/mol. The molecular formula is C15H18N2O. The summed E-state index contributed by atoms with van der Waals surface area (Å²) in [5, 5.41) is 0. The second kappa shape index (κ2) is 3.50. The molecule has 1 aromatic carbocycles. The van der Waals surface area contributed by atoms with Gasteiger partial charge in [0.15, 0.2) is 0 Å². The van der Waals surface area contributed by atoms with Gasteiger partial charge in [-0.15, -0.1) is 0 Å². The highest BCUT2D eigenvalue weighted by atomic mass is 16.2. The molecular weight excluding hydrogens is 224 g/mol. The van der Waals surface area contributed by atoms with Crippen molar-refractivity contribution in [2.24, 2.45) is 11.8 Å². The minimum Gasteiger partial charge on any atom is -0.398 e. The Labute approximate surface area is 107 Å². The molecule has 3 aliphatic rings. The second-order valence-corrected chi connectivity index (χ2v) is 6.05. The van der Waals surface area contributed by atoms with E-state index in [0.29, 0.717) is 6.04 Å². The summed E-state index contributed by atoms with van der Waals surface area (Å²) in [6, 6.07) is 6.18. The number of anilines is 1. The lowest BCUT2D eigenvalue weighted by molar-refractivity contribution is 0.0637. The molecule has 2 bridgehead atoms. The minimum absolute atomic E-state index is 0.204. The third-order valence-corrected chi connectivity index (χ3v) is 5.13. The van der Waals surface area contributed by atoms with E-state index in [1.54, 1.807) is 0 Å². The van der Waals surface area contributed by atoms with E-state index >= 15 is 0 Å². The highest BCUT2D eigenvalue weighted by Gasteiger charge is 2.45. The van der Waals surface area contributed by atoms with Crippen LogP contribution in [0.1, 0.15) is 41.6 Å². The van der Waals surface area contributed by atoms with Crippen LogP contribution in [0.25, 0.3) is 0 Å². The topological polar surface area (TPSA) is 46.3 Å². The molecule has 1 amide bonds. The van der Waals surface area contributed by atoms with E-state index in [1.807, 2.05) is 18.2 Å². The number of carbonyl (C=O) groups excluding carboxylic acids is 1. The van der Waals surface area contributed by atoms with Gasteiger partial charge in [0, 0.05) is 29.4 Å². The summed E-state index contributed by atoms with van der Waals surface area (Å²) in [5.74, 6) is 1.82.